The molecule has 1 saturated carbocycles. The van der Waals surface area contributed by atoms with E-state index in [9.17, 15) is 9.18 Å². The van der Waals surface area contributed by atoms with Crippen LogP contribution in [0.3, 0.4) is 0 Å². The molecule has 2 atom stereocenters. The van der Waals surface area contributed by atoms with Crippen LogP contribution in [0.5, 0.6) is 5.75 Å². The van der Waals surface area contributed by atoms with Crippen molar-refractivity contribution in [2.45, 2.75) is 37.5 Å². The minimum Gasteiger partial charge on any atom is -0.489 e. The zero-order valence-corrected chi connectivity index (χ0v) is 19.3. The summed E-state index contributed by atoms with van der Waals surface area (Å²) in [6.45, 7) is 4.49. The third kappa shape index (κ3) is 3.81. The van der Waals surface area contributed by atoms with E-state index in [1.54, 1.807) is 11.0 Å². The van der Waals surface area contributed by atoms with Gasteiger partial charge in [-0.15, -0.1) is 0 Å². The van der Waals surface area contributed by atoms with Crippen molar-refractivity contribution in [3.05, 3.63) is 53.8 Å². The second-order valence-corrected chi connectivity index (χ2v) is 9.33. The van der Waals surface area contributed by atoms with Crippen LogP contribution in [0.15, 0.2) is 37.2 Å². The highest BCUT2D eigenvalue weighted by molar-refractivity contribution is 6.32. The van der Waals surface area contributed by atoms with Gasteiger partial charge in [0.05, 0.1) is 29.4 Å². The zero-order valence-electron chi connectivity index (χ0n) is 18.5. The summed E-state index contributed by atoms with van der Waals surface area (Å²) in [6, 6.07) is 4.32. The molecule has 3 aromatic rings. The zero-order chi connectivity index (χ0) is 24.3. The van der Waals surface area contributed by atoms with Gasteiger partial charge in [0.2, 0.25) is 5.91 Å². The predicted octanol–water partition coefficient (Wildman–Crippen LogP) is 4.22. The molecule has 1 aliphatic carbocycles. The van der Waals surface area contributed by atoms with Crippen molar-refractivity contribution < 1.29 is 18.3 Å². The molecule has 2 aliphatic heterocycles. The smallest absolute Gasteiger partial charge is 0.246 e. The molecule has 3 fully saturated rings. The van der Waals surface area contributed by atoms with Crippen molar-refractivity contribution in [3.63, 3.8) is 0 Å². The molecule has 4 heterocycles. The minimum absolute atomic E-state index is 0.0281. The van der Waals surface area contributed by atoms with E-state index >= 15 is 4.39 Å². The first-order valence-corrected chi connectivity index (χ1v) is 11.7. The number of carbonyl (C=O) groups is 1. The maximum Gasteiger partial charge on any atom is 0.246 e. The summed E-state index contributed by atoms with van der Waals surface area (Å²) in [5.41, 5.74) is 0.654. The third-order valence-corrected chi connectivity index (χ3v) is 6.99. The van der Waals surface area contributed by atoms with Crippen molar-refractivity contribution in [1.82, 2.24) is 19.9 Å². The molecule has 0 unspecified atom stereocenters. The van der Waals surface area contributed by atoms with Crippen molar-refractivity contribution in [2.75, 3.05) is 23.3 Å². The van der Waals surface area contributed by atoms with Gasteiger partial charge in [0.15, 0.2) is 23.3 Å². The Kier molecular flexibility index (Phi) is 5.21. The van der Waals surface area contributed by atoms with Crippen LogP contribution in [0.25, 0.3) is 11.0 Å². The van der Waals surface area contributed by atoms with Crippen molar-refractivity contribution in [1.29, 1.82) is 0 Å². The van der Waals surface area contributed by atoms with Crippen LogP contribution in [-0.4, -0.2) is 57.0 Å². The number of amides is 1. The summed E-state index contributed by atoms with van der Waals surface area (Å²) in [6.07, 6.45) is 5.22. The van der Waals surface area contributed by atoms with Gasteiger partial charge in [0, 0.05) is 19.2 Å². The number of aromatic nitrogens is 3. The number of pyridine rings is 1. The van der Waals surface area contributed by atoms with E-state index in [0.29, 0.717) is 24.4 Å². The number of halogens is 3. The number of anilines is 3. The van der Waals surface area contributed by atoms with Crippen LogP contribution >= 0.6 is 11.6 Å². The van der Waals surface area contributed by atoms with Gasteiger partial charge in [0.25, 0.3) is 0 Å². The van der Waals surface area contributed by atoms with Gasteiger partial charge in [-0.3, -0.25) is 4.79 Å². The van der Waals surface area contributed by atoms with Crippen LogP contribution in [0.1, 0.15) is 19.3 Å². The van der Waals surface area contributed by atoms with Crippen LogP contribution in [0.4, 0.5) is 26.1 Å². The Morgan fingerprint density at radius 2 is 2.06 bits per heavy atom. The molecule has 1 aromatic carbocycles. The number of nitrogens with one attached hydrogen (secondary N) is 1. The van der Waals surface area contributed by atoms with E-state index in [1.807, 2.05) is 4.90 Å². The van der Waals surface area contributed by atoms with Gasteiger partial charge < -0.3 is 19.9 Å². The number of fused-ring (bicyclic) bond motifs is 3. The van der Waals surface area contributed by atoms with Crippen molar-refractivity contribution in [3.8, 4) is 5.75 Å². The van der Waals surface area contributed by atoms with Crippen LogP contribution in [0, 0.1) is 11.6 Å². The van der Waals surface area contributed by atoms with Crippen LogP contribution in [0.2, 0.25) is 5.02 Å². The first kappa shape index (κ1) is 22.0. The monoisotopic (exact) mass is 498 g/mol. The second-order valence-electron chi connectivity index (χ2n) is 8.96. The number of hydrogen-bond acceptors (Lipinski definition) is 7. The fraction of sp³-hybridized carbons (Fsp3) is 0.333. The lowest BCUT2D eigenvalue weighted by Crippen LogP contribution is -2.48. The summed E-state index contributed by atoms with van der Waals surface area (Å²) in [5.74, 6) is -0.663. The highest BCUT2D eigenvalue weighted by Gasteiger charge is 2.46. The van der Waals surface area contributed by atoms with E-state index in [-0.39, 0.29) is 52.0 Å². The molecular formula is C24H21ClF2N6O2. The van der Waals surface area contributed by atoms with Gasteiger partial charge in [-0.05, 0) is 37.5 Å². The Balaban J connectivity index is 1.31. The van der Waals surface area contributed by atoms with Crippen LogP contribution < -0.4 is 15.0 Å². The number of benzene rings is 1. The standard InChI is InChI=1S/C24H21ClF2N6O2/c1-2-19(34)32-9-13-7-12(32)10-33(13)24-15(26)8-17-22(31-24)23(29-11-28-17)30-16-5-6-18(20(25)21(16)27)35-14-3-4-14/h2,5-6,8,11-14H,1,3-4,7,9-10H2,(H,28,29,30)/t12-,13-/m0/s1. The molecule has 1 amide bonds. The molecule has 2 bridgehead atoms. The number of rotatable bonds is 6. The lowest BCUT2D eigenvalue weighted by atomic mass is 10.2. The molecule has 2 saturated heterocycles. The first-order valence-electron chi connectivity index (χ1n) is 11.4. The van der Waals surface area contributed by atoms with Gasteiger partial charge in [-0.2, -0.15) is 0 Å². The molecule has 180 valence electrons. The Labute approximate surface area is 204 Å². The fourth-order valence-electron chi connectivity index (χ4n) is 4.77. The Bertz CT molecular complexity index is 1370. The lowest BCUT2D eigenvalue weighted by Gasteiger charge is -2.34. The molecule has 3 aliphatic rings. The minimum atomic E-state index is -0.678. The van der Waals surface area contributed by atoms with E-state index in [4.69, 9.17) is 16.3 Å². The molecule has 11 heteroatoms. The first-order chi connectivity index (χ1) is 16.9. The molecule has 0 spiro atoms. The maximum absolute atomic E-state index is 15.1. The lowest BCUT2D eigenvalue weighted by molar-refractivity contribution is -0.127. The normalized spacial score (nSPS) is 21.0. The van der Waals surface area contributed by atoms with E-state index in [2.05, 4.69) is 26.8 Å². The molecule has 0 radical (unpaired) electrons. The second kappa shape index (κ2) is 8.30. The summed E-state index contributed by atoms with van der Waals surface area (Å²) in [5, 5.41) is 2.80. The van der Waals surface area contributed by atoms with Gasteiger partial charge >= 0.3 is 0 Å². The number of ether oxygens (including phenoxy) is 1. The largest absolute Gasteiger partial charge is 0.489 e. The SMILES string of the molecule is C=CC(=O)N1C[C@@H]2C[C@H]1CN2c1nc2c(Nc3ccc(OC4CC4)c(Cl)c3F)ncnc2cc1F. The van der Waals surface area contributed by atoms with E-state index in [1.165, 1.54) is 24.5 Å². The van der Waals surface area contributed by atoms with E-state index < -0.39 is 11.6 Å². The molecule has 6 rings (SSSR count). The van der Waals surface area contributed by atoms with Gasteiger partial charge in [-0.1, -0.05) is 18.2 Å². The predicted molar refractivity (Wildman–Crippen MR) is 127 cm³/mol. The van der Waals surface area contributed by atoms with Crippen molar-refractivity contribution >= 4 is 45.9 Å². The highest BCUT2D eigenvalue weighted by atomic mass is 35.5. The Morgan fingerprint density at radius 1 is 1.23 bits per heavy atom. The van der Waals surface area contributed by atoms with Crippen LogP contribution in [-0.2, 0) is 4.79 Å². The number of carbonyl (C=O) groups excluding carboxylic acids is 1. The number of likely N-dealkylation sites (tertiary alicyclic amines) is 1. The van der Waals surface area contributed by atoms with Gasteiger partial charge in [-0.25, -0.2) is 23.7 Å². The molecule has 2 aromatic heterocycles. The molecular weight excluding hydrogens is 478 g/mol. The summed E-state index contributed by atoms with van der Waals surface area (Å²) in [7, 11) is 0. The number of piperazine rings is 1. The van der Waals surface area contributed by atoms with Gasteiger partial charge in [0.1, 0.15) is 22.6 Å². The van der Waals surface area contributed by atoms with Crippen molar-refractivity contribution in [2.24, 2.45) is 0 Å². The summed E-state index contributed by atoms with van der Waals surface area (Å²) >= 11 is 6.19. The third-order valence-electron chi connectivity index (χ3n) is 6.63. The number of hydrogen-bond donors (Lipinski definition) is 1. The maximum atomic E-state index is 15.1. The van der Waals surface area contributed by atoms with E-state index in [0.717, 1.165) is 19.3 Å². The average molecular weight is 499 g/mol. The Morgan fingerprint density at radius 3 is 2.77 bits per heavy atom. The fourth-order valence-corrected chi connectivity index (χ4v) is 4.98. The number of nitrogens with zero attached hydrogens (tertiary/aromatic N) is 5. The summed E-state index contributed by atoms with van der Waals surface area (Å²) in [4.78, 5) is 28.6. The Hall–Kier alpha value is -3.53. The molecule has 1 N–H and O–H groups in total. The average Bonchev–Trinajstić information content (AvgIpc) is 3.45. The highest BCUT2D eigenvalue weighted by Crippen LogP contribution is 2.39. The molecule has 35 heavy (non-hydrogen) atoms. The topological polar surface area (TPSA) is 83.5 Å². The summed E-state index contributed by atoms with van der Waals surface area (Å²) < 4.78 is 35.7. The molecule has 8 nitrogen and oxygen atoms in total. The quantitative estimate of drug-likeness (QED) is 0.509.